The summed E-state index contributed by atoms with van der Waals surface area (Å²) in [6.45, 7) is 4.70. The molecule has 0 aliphatic heterocycles. The molecule has 1 heterocycles. The van der Waals surface area contributed by atoms with Gasteiger partial charge in [-0.1, -0.05) is 6.07 Å². The van der Waals surface area contributed by atoms with E-state index in [1.807, 2.05) is 36.8 Å². The SMILES string of the molecule is COc1cccc(OCc2cn(C(C)C)cn2)c1. The van der Waals surface area contributed by atoms with E-state index >= 15 is 0 Å². The van der Waals surface area contributed by atoms with E-state index in [9.17, 15) is 0 Å². The smallest absolute Gasteiger partial charge is 0.132 e. The van der Waals surface area contributed by atoms with Crippen LogP contribution in [0.25, 0.3) is 0 Å². The maximum atomic E-state index is 5.67. The van der Waals surface area contributed by atoms with Crippen LogP contribution in [0.5, 0.6) is 11.5 Å². The molecule has 0 radical (unpaired) electrons. The van der Waals surface area contributed by atoms with E-state index < -0.39 is 0 Å². The van der Waals surface area contributed by atoms with E-state index in [-0.39, 0.29) is 0 Å². The van der Waals surface area contributed by atoms with Crippen LogP contribution in [0.15, 0.2) is 36.8 Å². The topological polar surface area (TPSA) is 36.3 Å². The lowest BCUT2D eigenvalue weighted by Crippen LogP contribution is -1.98. The van der Waals surface area contributed by atoms with Gasteiger partial charge in [-0.2, -0.15) is 0 Å². The molecule has 1 aromatic heterocycles. The van der Waals surface area contributed by atoms with Crippen molar-refractivity contribution in [3.63, 3.8) is 0 Å². The molecule has 0 atom stereocenters. The molecule has 2 aromatic rings. The van der Waals surface area contributed by atoms with Crippen LogP contribution in [0.2, 0.25) is 0 Å². The van der Waals surface area contributed by atoms with Gasteiger partial charge in [0.25, 0.3) is 0 Å². The van der Waals surface area contributed by atoms with Crippen molar-refractivity contribution < 1.29 is 9.47 Å². The minimum Gasteiger partial charge on any atom is -0.497 e. The van der Waals surface area contributed by atoms with Crippen LogP contribution < -0.4 is 9.47 Å². The predicted octanol–water partition coefficient (Wildman–Crippen LogP) is 3.05. The van der Waals surface area contributed by atoms with Crippen LogP contribution in [0, 0.1) is 0 Å². The summed E-state index contributed by atoms with van der Waals surface area (Å²) in [5.74, 6) is 1.58. The van der Waals surface area contributed by atoms with Crippen molar-refractivity contribution in [1.82, 2.24) is 9.55 Å². The number of hydrogen-bond acceptors (Lipinski definition) is 3. The molecule has 0 saturated carbocycles. The second-order valence-corrected chi connectivity index (χ2v) is 4.37. The van der Waals surface area contributed by atoms with Crippen LogP contribution in [0.3, 0.4) is 0 Å². The summed E-state index contributed by atoms with van der Waals surface area (Å²) in [4.78, 5) is 4.30. The minimum absolute atomic E-state index is 0.420. The van der Waals surface area contributed by atoms with Crippen molar-refractivity contribution in [3.8, 4) is 11.5 Å². The van der Waals surface area contributed by atoms with Gasteiger partial charge in [-0.15, -0.1) is 0 Å². The first-order valence-electron chi connectivity index (χ1n) is 5.98. The first-order chi connectivity index (χ1) is 8.69. The van der Waals surface area contributed by atoms with Gasteiger partial charge in [0.05, 0.1) is 19.1 Å². The first kappa shape index (κ1) is 12.5. The van der Waals surface area contributed by atoms with Gasteiger partial charge in [0.1, 0.15) is 18.1 Å². The molecule has 4 heteroatoms. The molecule has 96 valence electrons. The quantitative estimate of drug-likeness (QED) is 0.813. The normalized spacial score (nSPS) is 10.7. The van der Waals surface area contributed by atoms with Gasteiger partial charge < -0.3 is 14.0 Å². The van der Waals surface area contributed by atoms with Crippen LogP contribution in [0.1, 0.15) is 25.6 Å². The van der Waals surface area contributed by atoms with Gasteiger partial charge in [-0.3, -0.25) is 0 Å². The number of aromatic nitrogens is 2. The molecule has 4 nitrogen and oxygen atoms in total. The minimum atomic E-state index is 0.420. The van der Waals surface area contributed by atoms with Gasteiger partial charge in [-0.25, -0.2) is 4.98 Å². The summed E-state index contributed by atoms with van der Waals surface area (Å²) >= 11 is 0. The van der Waals surface area contributed by atoms with E-state index in [4.69, 9.17) is 9.47 Å². The van der Waals surface area contributed by atoms with Crippen LogP contribution >= 0.6 is 0 Å². The molecule has 0 amide bonds. The zero-order valence-corrected chi connectivity index (χ0v) is 11.0. The number of nitrogens with zero attached hydrogens (tertiary/aromatic N) is 2. The molecule has 0 fully saturated rings. The maximum Gasteiger partial charge on any atom is 0.132 e. The third-order valence-corrected chi connectivity index (χ3v) is 2.68. The fraction of sp³-hybridized carbons (Fsp3) is 0.357. The molecule has 0 aliphatic carbocycles. The summed E-state index contributed by atoms with van der Waals surface area (Å²) < 4.78 is 12.9. The molecule has 0 bridgehead atoms. The number of rotatable bonds is 5. The standard InChI is InChI=1S/C14H18N2O2/c1-11(2)16-8-12(15-10-16)9-18-14-6-4-5-13(7-14)17-3/h4-8,10-11H,9H2,1-3H3. The largest absolute Gasteiger partial charge is 0.497 e. The van der Waals surface area contributed by atoms with Crippen molar-refractivity contribution in [1.29, 1.82) is 0 Å². The number of imidazole rings is 1. The van der Waals surface area contributed by atoms with Crippen molar-refractivity contribution in [3.05, 3.63) is 42.5 Å². The van der Waals surface area contributed by atoms with Gasteiger partial charge in [-0.05, 0) is 26.0 Å². The summed E-state index contributed by atoms with van der Waals surface area (Å²) in [5, 5.41) is 0. The Morgan fingerprint density at radius 2 is 2.06 bits per heavy atom. The number of ether oxygens (including phenoxy) is 2. The summed E-state index contributed by atoms with van der Waals surface area (Å²) in [5.41, 5.74) is 0.923. The van der Waals surface area contributed by atoms with Crippen molar-refractivity contribution >= 4 is 0 Å². The lowest BCUT2D eigenvalue weighted by molar-refractivity contribution is 0.299. The zero-order valence-electron chi connectivity index (χ0n) is 11.0. The zero-order chi connectivity index (χ0) is 13.0. The Bertz CT molecular complexity index is 506. The molecule has 0 spiro atoms. The van der Waals surface area contributed by atoms with E-state index in [1.54, 1.807) is 7.11 Å². The molecule has 0 unspecified atom stereocenters. The average molecular weight is 246 g/mol. The van der Waals surface area contributed by atoms with Crippen molar-refractivity contribution in [2.45, 2.75) is 26.5 Å². The van der Waals surface area contributed by atoms with Gasteiger partial charge in [0.2, 0.25) is 0 Å². The highest BCUT2D eigenvalue weighted by Crippen LogP contribution is 2.19. The summed E-state index contributed by atoms with van der Waals surface area (Å²) in [7, 11) is 1.64. The Hall–Kier alpha value is -1.97. The molecule has 2 rings (SSSR count). The fourth-order valence-corrected chi connectivity index (χ4v) is 1.58. The highest BCUT2D eigenvalue weighted by Gasteiger charge is 2.03. The van der Waals surface area contributed by atoms with E-state index in [0.29, 0.717) is 12.6 Å². The van der Waals surface area contributed by atoms with E-state index in [2.05, 4.69) is 23.4 Å². The highest BCUT2D eigenvalue weighted by molar-refractivity contribution is 5.32. The van der Waals surface area contributed by atoms with Crippen LogP contribution in [0.4, 0.5) is 0 Å². The molecule has 18 heavy (non-hydrogen) atoms. The molecule has 1 aromatic carbocycles. The van der Waals surface area contributed by atoms with Gasteiger partial charge in [0.15, 0.2) is 0 Å². The molecule has 0 N–H and O–H groups in total. The Morgan fingerprint density at radius 1 is 1.28 bits per heavy atom. The predicted molar refractivity (Wildman–Crippen MR) is 69.9 cm³/mol. The van der Waals surface area contributed by atoms with Crippen molar-refractivity contribution in [2.75, 3.05) is 7.11 Å². The van der Waals surface area contributed by atoms with Crippen LogP contribution in [-0.2, 0) is 6.61 Å². The molecule has 0 aliphatic rings. The van der Waals surface area contributed by atoms with Crippen LogP contribution in [-0.4, -0.2) is 16.7 Å². The Balaban J connectivity index is 1.97. The maximum absolute atomic E-state index is 5.67. The summed E-state index contributed by atoms with van der Waals surface area (Å²) in [6.07, 6.45) is 3.83. The fourth-order valence-electron chi connectivity index (χ4n) is 1.58. The highest BCUT2D eigenvalue weighted by atomic mass is 16.5. The second-order valence-electron chi connectivity index (χ2n) is 4.37. The Morgan fingerprint density at radius 3 is 2.72 bits per heavy atom. The molecule has 0 saturated heterocycles. The lowest BCUT2D eigenvalue weighted by Gasteiger charge is -2.06. The van der Waals surface area contributed by atoms with E-state index in [1.165, 1.54) is 0 Å². The third kappa shape index (κ3) is 3.03. The van der Waals surface area contributed by atoms with Gasteiger partial charge >= 0.3 is 0 Å². The van der Waals surface area contributed by atoms with Crippen molar-refractivity contribution in [2.24, 2.45) is 0 Å². The lowest BCUT2D eigenvalue weighted by atomic mass is 10.3. The Labute approximate surface area is 107 Å². The first-order valence-corrected chi connectivity index (χ1v) is 5.98. The molecular formula is C14H18N2O2. The number of methoxy groups -OCH3 is 1. The number of hydrogen-bond donors (Lipinski definition) is 0. The average Bonchev–Trinajstić information content (AvgIpc) is 2.85. The van der Waals surface area contributed by atoms with E-state index in [0.717, 1.165) is 17.2 Å². The monoisotopic (exact) mass is 246 g/mol. The Kier molecular flexibility index (Phi) is 3.87. The molecular weight excluding hydrogens is 228 g/mol. The van der Waals surface area contributed by atoms with Gasteiger partial charge in [0, 0.05) is 18.3 Å². The number of benzene rings is 1. The summed E-state index contributed by atoms with van der Waals surface area (Å²) in [6, 6.07) is 7.98. The second kappa shape index (κ2) is 5.58. The third-order valence-electron chi connectivity index (χ3n) is 2.68.